The molecule has 0 fully saturated rings. The maximum Gasteiger partial charge on any atom is 0.257 e. The molecule has 0 bridgehead atoms. The van der Waals surface area contributed by atoms with E-state index in [0.717, 1.165) is 16.5 Å². The number of fused-ring (bicyclic) bond motifs is 1. The molecule has 1 N–H and O–H groups in total. The number of furan rings is 2. The van der Waals surface area contributed by atoms with E-state index in [1.807, 2.05) is 60.5 Å². The number of carbonyl (C=O) groups excluding carboxylic acids is 1. The summed E-state index contributed by atoms with van der Waals surface area (Å²) < 4.78 is 11.6. The minimum Gasteiger partial charge on any atom is -0.508 e. The Labute approximate surface area is 185 Å². The van der Waals surface area contributed by atoms with Crippen molar-refractivity contribution in [3.63, 3.8) is 0 Å². The molecule has 0 unspecified atom stereocenters. The van der Waals surface area contributed by atoms with Crippen LogP contribution in [0.4, 0.5) is 0 Å². The number of hydrogen-bond donors (Lipinski definition) is 1. The van der Waals surface area contributed by atoms with Crippen molar-refractivity contribution >= 4 is 22.6 Å². The second-order valence-corrected chi connectivity index (χ2v) is 8.01. The van der Waals surface area contributed by atoms with E-state index in [1.54, 1.807) is 24.5 Å². The van der Waals surface area contributed by atoms with Crippen molar-refractivity contribution in [2.45, 2.75) is 19.0 Å². The van der Waals surface area contributed by atoms with Gasteiger partial charge in [0.1, 0.15) is 28.8 Å². The van der Waals surface area contributed by atoms with Crippen molar-refractivity contribution < 1.29 is 18.7 Å². The number of phenolic OH excluding ortho intramolecular Hbond substituents is 1. The summed E-state index contributed by atoms with van der Waals surface area (Å²) in [5.41, 5.74) is 2.43. The van der Waals surface area contributed by atoms with Crippen LogP contribution in [0.15, 0.2) is 86.9 Å². The van der Waals surface area contributed by atoms with Gasteiger partial charge < -0.3 is 13.9 Å². The molecular formula is C25H23N3O4. The van der Waals surface area contributed by atoms with E-state index >= 15 is 0 Å². The summed E-state index contributed by atoms with van der Waals surface area (Å²) >= 11 is 0. The number of hydrazone groups is 1. The van der Waals surface area contributed by atoms with E-state index in [4.69, 9.17) is 8.83 Å². The summed E-state index contributed by atoms with van der Waals surface area (Å²) in [4.78, 5) is 15.1. The number of aromatic hydroxyl groups is 1. The zero-order valence-corrected chi connectivity index (χ0v) is 17.6. The molecule has 162 valence electrons. The van der Waals surface area contributed by atoms with Crippen LogP contribution in [0.25, 0.3) is 11.0 Å². The molecule has 1 amide bonds. The second kappa shape index (κ2) is 8.36. The van der Waals surface area contributed by atoms with Crippen LogP contribution in [-0.2, 0) is 11.3 Å². The van der Waals surface area contributed by atoms with Crippen molar-refractivity contribution in [1.29, 1.82) is 0 Å². The Bertz CT molecular complexity index is 1240. The van der Waals surface area contributed by atoms with Gasteiger partial charge in [-0.25, -0.2) is 5.01 Å². The predicted molar refractivity (Wildman–Crippen MR) is 120 cm³/mol. The summed E-state index contributed by atoms with van der Waals surface area (Å²) in [7, 11) is 1.86. The first kappa shape index (κ1) is 20.1. The smallest absolute Gasteiger partial charge is 0.257 e. The normalized spacial score (nSPS) is 16.1. The van der Waals surface area contributed by atoms with Crippen molar-refractivity contribution in [3.05, 3.63) is 90.1 Å². The highest BCUT2D eigenvalue weighted by atomic mass is 16.3. The molecule has 7 heteroatoms. The highest BCUT2D eigenvalue weighted by Crippen LogP contribution is 2.34. The topological polar surface area (TPSA) is 82.4 Å². The number of hydrogen-bond acceptors (Lipinski definition) is 6. The maximum atomic E-state index is 13.2. The molecule has 32 heavy (non-hydrogen) atoms. The molecule has 3 heterocycles. The van der Waals surface area contributed by atoms with Crippen LogP contribution < -0.4 is 0 Å². The van der Waals surface area contributed by atoms with Gasteiger partial charge in [0.25, 0.3) is 5.91 Å². The summed E-state index contributed by atoms with van der Waals surface area (Å²) in [6, 6.07) is 20.1. The average Bonchev–Trinajstić information content (AvgIpc) is 3.51. The van der Waals surface area contributed by atoms with Gasteiger partial charge in [0.05, 0.1) is 12.8 Å². The Morgan fingerprint density at radius 1 is 1.16 bits per heavy atom. The van der Waals surface area contributed by atoms with Crippen LogP contribution in [0.2, 0.25) is 0 Å². The van der Waals surface area contributed by atoms with Crippen LogP contribution in [0.3, 0.4) is 0 Å². The third-order valence-corrected chi connectivity index (χ3v) is 5.52. The molecule has 0 spiro atoms. The Morgan fingerprint density at radius 2 is 2.03 bits per heavy atom. The zero-order chi connectivity index (χ0) is 22.1. The minimum atomic E-state index is -0.324. The Balaban J connectivity index is 1.37. The number of phenols is 1. The fourth-order valence-corrected chi connectivity index (χ4v) is 4.04. The fraction of sp³-hybridized carbons (Fsp3) is 0.200. The summed E-state index contributed by atoms with van der Waals surface area (Å²) in [6.45, 7) is 0.698. The molecule has 2 aromatic heterocycles. The first-order valence-electron chi connectivity index (χ1n) is 10.4. The fourth-order valence-electron chi connectivity index (χ4n) is 4.04. The molecular weight excluding hydrogens is 406 g/mol. The van der Waals surface area contributed by atoms with Crippen molar-refractivity contribution in [1.82, 2.24) is 9.91 Å². The van der Waals surface area contributed by atoms with E-state index in [-0.39, 0.29) is 24.2 Å². The van der Waals surface area contributed by atoms with Crippen molar-refractivity contribution in [3.8, 4) is 5.75 Å². The van der Waals surface area contributed by atoms with Gasteiger partial charge in [-0.1, -0.05) is 30.3 Å². The number of nitrogens with zero attached hydrogens (tertiary/aromatic N) is 3. The maximum absolute atomic E-state index is 13.2. The second-order valence-electron chi connectivity index (χ2n) is 8.01. The molecule has 1 aliphatic heterocycles. The Hall–Kier alpha value is -3.84. The van der Waals surface area contributed by atoms with Crippen LogP contribution in [0.1, 0.15) is 29.5 Å². The lowest BCUT2D eigenvalue weighted by atomic mass is 10.1. The number of amides is 1. The van der Waals surface area contributed by atoms with Gasteiger partial charge >= 0.3 is 0 Å². The van der Waals surface area contributed by atoms with Gasteiger partial charge in [-0.15, -0.1) is 0 Å². The lowest BCUT2D eigenvalue weighted by Gasteiger charge is -2.23. The van der Waals surface area contributed by atoms with E-state index < -0.39 is 0 Å². The van der Waals surface area contributed by atoms with E-state index in [2.05, 4.69) is 5.10 Å². The van der Waals surface area contributed by atoms with Gasteiger partial charge in [-0.3, -0.25) is 9.69 Å². The molecule has 0 radical (unpaired) electrons. The Kier molecular flexibility index (Phi) is 5.25. The highest BCUT2D eigenvalue weighted by Gasteiger charge is 2.36. The molecule has 0 saturated carbocycles. The van der Waals surface area contributed by atoms with E-state index in [9.17, 15) is 9.90 Å². The molecule has 0 aliphatic carbocycles. The van der Waals surface area contributed by atoms with Gasteiger partial charge in [-0.2, -0.15) is 5.10 Å². The first-order chi connectivity index (χ1) is 15.6. The van der Waals surface area contributed by atoms with Gasteiger partial charge in [0.15, 0.2) is 5.76 Å². The quantitative estimate of drug-likeness (QED) is 0.487. The number of benzene rings is 2. The van der Waals surface area contributed by atoms with Crippen LogP contribution in [0.5, 0.6) is 5.75 Å². The first-order valence-corrected chi connectivity index (χ1v) is 10.4. The van der Waals surface area contributed by atoms with E-state index in [0.29, 0.717) is 30.2 Å². The molecule has 2 aromatic carbocycles. The average molecular weight is 429 g/mol. The van der Waals surface area contributed by atoms with E-state index in [1.165, 1.54) is 5.01 Å². The van der Waals surface area contributed by atoms with Crippen LogP contribution in [0, 0.1) is 0 Å². The molecule has 1 atom stereocenters. The standard InChI is InChI=1S/C25H23N3O4/c1-27(15-17-6-4-8-19(29)12-17)16-25(30)28-21(23-10-5-11-31-23)14-20(26-28)24-13-18-7-2-3-9-22(18)32-24/h2-13,21,29H,14-16H2,1H3/t21-/m0/s1. The number of para-hydroxylation sites is 1. The predicted octanol–water partition coefficient (Wildman–Crippen LogP) is 4.54. The lowest BCUT2D eigenvalue weighted by Crippen LogP contribution is -2.36. The number of likely N-dealkylation sites (N-methyl/N-ethyl adjacent to an activating group) is 1. The zero-order valence-electron chi connectivity index (χ0n) is 17.6. The summed E-state index contributed by atoms with van der Waals surface area (Å²) in [5, 5.41) is 16.8. The minimum absolute atomic E-state index is 0.139. The molecule has 1 aliphatic rings. The third kappa shape index (κ3) is 4.02. The van der Waals surface area contributed by atoms with Crippen LogP contribution in [-0.4, -0.2) is 40.2 Å². The summed E-state index contributed by atoms with van der Waals surface area (Å²) in [6.07, 6.45) is 2.11. The van der Waals surface area contributed by atoms with Gasteiger partial charge in [0.2, 0.25) is 0 Å². The number of carbonyl (C=O) groups is 1. The molecule has 7 nitrogen and oxygen atoms in total. The SMILES string of the molecule is CN(CC(=O)N1N=C(c2cc3ccccc3o2)C[C@H]1c1ccco1)Cc1cccc(O)c1. The summed E-state index contributed by atoms with van der Waals surface area (Å²) in [5.74, 6) is 1.41. The lowest BCUT2D eigenvalue weighted by molar-refractivity contribution is -0.134. The molecule has 0 saturated heterocycles. The van der Waals surface area contributed by atoms with Crippen molar-refractivity contribution in [2.75, 3.05) is 13.6 Å². The monoisotopic (exact) mass is 429 g/mol. The molecule has 4 aromatic rings. The third-order valence-electron chi connectivity index (χ3n) is 5.52. The molecule has 5 rings (SSSR count). The van der Waals surface area contributed by atoms with Crippen molar-refractivity contribution in [2.24, 2.45) is 5.10 Å². The largest absolute Gasteiger partial charge is 0.508 e. The van der Waals surface area contributed by atoms with Gasteiger partial charge in [-0.05, 0) is 49.0 Å². The Morgan fingerprint density at radius 3 is 2.81 bits per heavy atom. The number of rotatable bonds is 6. The highest BCUT2D eigenvalue weighted by molar-refractivity contribution is 6.03. The van der Waals surface area contributed by atoms with Crippen LogP contribution >= 0.6 is 0 Å². The van der Waals surface area contributed by atoms with Gasteiger partial charge in [0, 0.05) is 18.4 Å².